The van der Waals surface area contributed by atoms with Gasteiger partial charge >= 0.3 is 0 Å². The van der Waals surface area contributed by atoms with E-state index in [4.69, 9.17) is 15.2 Å². The van der Waals surface area contributed by atoms with Gasteiger partial charge in [0.2, 0.25) is 0 Å². The third-order valence-electron chi connectivity index (χ3n) is 2.76. The molecule has 1 aromatic carbocycles. The van der Waals surface area contributed by atoms with E-state index in [1.807, 2.05) is 0 Å². The molecule has 1 unspecified atom stereocenters. The van der Waals surface area contributed by atoms with Crippen LogP contribution < -0.4 is 15.2 Å². The van der Waals surface area contributed by atoms with Crippen LogP contribution in [-0.2, 0) is 15.6 Å². The minimum atomic E-state index is -3.23. The standard InChI is InChI=1S/C12H19NO4S/c1-9(7-13)18(14,15)8-10-4-5-11(16-2)12(6-10)17-3/h4-6,9H,7-8,13H2,1-3H3. The third kappa shape index (κ3) is 3.36. The molecule has 0 saturated carbocycles. The van der Waals surface area contributed by atoms with Crippen molar-refractivity contribution in [3.63, 3.8) is 0 Å². The van der Waals surface area contributed by atoms with Crippen molar-refractivity contribution in [2.24, 2.45) is 5.73 Å². The van der Waals surface area contributed by atoms with Crippen LogP contribution in [0.15, 0.2) is 18.2 Å². The quantitative estimate of drug-likeness (QED) is 0.835. The van der Waals surface area contributed by atoms with Crippen molar-refractivity contribution in [1.29, 1.82) is 0 Å². The molecule has 102 valence electrons. The van der Waals surface area contributed by atoms with E-state index >= 15 is 0 Å². The van der Waals surface area contributed by atoms with E-state index in [-0.39, 0.29) is 12.3 Å². The summed E-state index contributed by atoms with van der Waals surface area (Å²) in [5.41, 5.74) is 6.05. The normalized spacial score (nSPS) is 13.1. The number of rotatable bonds is 6. The number of methoxy groups -OCH3 is 2. The van der Waals surface area contributed by atoms with Crippen molar-refractivity contribution in [2.75, 3.05) is 20.8 Å². The Morgan fingerprint density at radius 2 is 1.83 bits per heavy atom. The molecule has 5 nitrogen and oxygen atoms in total. The van der Waals surface area contributed by atoms with Gasteiger partial charge in [-0.15, -0.1) is 0 Å². The van der Waals surface area contributed by atoms with Gasteiger partial charge in [0.1, 0.15) is 0 Å². The first-order valence-electron chi connectivity index (χ1n) is 5.57. The van der Waals surface area contributed by atoms with Crippen LogP contribution in [0.3, 0.4) is 0 Å². The van der Waals surface area contributed by atoms with E-state index in [0.717, 1.165) is 0 Å². The van der Waals surface area contributed by atoms with Gasteiger partial charge in [-0.05, 0) is 24.6 Å². The number of sulfone groups is 1. The van der Waals surface area contributed by atoms with Crippen LogP contribution in [0.5, 0.6) is 11.5 Å². The van der Waals surface area contributed by atoms with Crippen LogP contribution in [0, 0.1) is 0 Å². The van der Waals surface area contributed by atoms with Gasteiger partial charge in [0.15, 0.2) is 21.3 Å². The molecule has 0 aliphatic rings. The maximum absolute atomic E-state index is 11.9. The maximum Gasteiger partial charge on any atom is 0.161 e. The molecule has 0 aliphatic heterocycles. The van der Waals surface area contributed by atoms with E-state index in [9.17, 15) is 8.42 Å². The summed E-state index contributed by atoms with van der Waals surface area (Å²) >= 11 is 0. The molecular weight excluding hydrogens is 254 g/mol. The monoisotopic (exact) mass is 273 g/mol. The van der Waals surface area contributed by atoms with Crippen LogP contribution >= 0.6 is 0 Å². The third-order valence-corrected chi connectivity index (χ3v) is 4.92. The Balaban J connectivity index is 2.99. The van der Waals surface area contributed by atoms with Gasteiger partial charge in [-0.2, -0.15) is 0 Å². The number of nitrogens with two attached hydrogens (primary N) is 1. The fraction of sp³-hybridized carbons (Fsp3) is 0.500. The Labute approximate surface area is 108 Å². The van der Waals surface area contributed by atoms with Gasteiger partial charge in [-0.25, -0.2) is 8.42 Å². The predicted octanol–water partition coefficient (Wildman–Crippen LogP) is 0.966. The van der Waals surface area contributed by atoms with Crippen LogP contribution in [0.1, 0.15) is 12.5 Å². The molecule has 6 heteroatoms. The zero-order chi connectivity index (χ0) is 13.8. The average molecular weight is 273 g/mol. The van der Waals surface area contributed by atoms with Crippen LogP contribution in [0.25, 0.3) is 0 Å². The average Bonchev–Trinajstić information content (AvgIpc) is 2.36. The van der Waals surface area contributed by atoms with E-state index in [2.05, 4.69) is 0 Å². The van der Waals surface area contributed by atoms with E-state index in [1.165, 1.54) is 14.2 Å². The van der Waals surface area contributed by atoms with Crippen molar-refractivity contribution in [2.45, 2.75) is 17.9 Å². The van der Waals surface area contributed by atoms with Gasteiger partial charge < -0.3 is 15.2 Å². The fourth-order valence-corrected chi connectivity index (χ4v) is 2.71. The lowest BCUT2D eigenvalue weighted by molar-refractivity contribution is 0.354. The van der Waals surface area contributed by atoms with Gasteiger partial charge in [0.25, 0.3) is 0 Å². The molecular formula is C12H19NO4S. The van der Waals surface area contributed by atoms with Crippen LogP contribution in [-0.4, -0.2) is 34.4 Å². The molecule has 1 aromatic rings. The Morgan fingerprint density at radius 1 is 1.22 bits per heavy atom. The van der Waals surface area contributed by atoms with Gasteiger partial charge in [0, 0.05) is 6.54 Å². The lowest BCUT2D eigenvalue weighted by Gasteiger charge is -2.12. The molecule has 2 N–H and O–H groups in total. The summed E-state index contributed by atoms with van der Waals surface area (Å²) in [5, 5.41) is -0.550. The summed E-state index contributed by atoms with van der Waals surface area (Å²) in [5.74, 6) is 1.04. The number of hydrogen-bond acceptors (Lipinski definition) is 5. The zero-order valence-corrected chi connectivity index (χ0v) is 11.7. The Hall–Kier alpha value is -1.27. The van der Waals surface area contributed by atoms with Crippen molar-refractivity contribution in [3.8, 4) is 11.5 Å². The summed E-state index contributed by atoms with van der Waals surface area (Å²) in [6.07, 6.45) is 0. The predicted molar refractivity (Wildman–Crippen MR) is 70.7 cm³/mol. The van der Waals surface area contributed by atoms with Gasteiger partial charge in [-0.3, -0.25) is 0 Å². The number of hydrogen-bond donors (Lipinski definition) is 1. The lowest BCUT2D eigenvalue weighted by Crippen LogP contribution is -2.27. The molecule has 0 spiro atoms. The molecule has 1 atom stereocenters. The molecule has 0 aromatic heterocycles. The fourth-order valence-electron chi connectivity index (χ4n) is 1.49. The van der Waals surface area contributed by atoms with E-state index in [0.29, 0.717) is 17.1 Å². The first-order valence-corrected chi connectivity index (χ1v) is 7.28. The molecule has 18 heavy (non-hydrogen) atoms. The molecule has 0 aliphatic carbocycles. The summed E-state index contributed by atoms with van der Waals surface area (Å²) < 4.78 is 34.1. The van der Waals surface area contributed by atoms with Crippen molar-refractivity contribution >= 4 is 9.84 Å². The minimum Gasteiger partial charge on any atom is -0.493 e. The Kier molecular flexibility index (Phi) is 4.98. The molecule has 0 radical (unpaired) electrons. The molecule has 0 amide bonds. The summed E-state index contributed by atoms with van der Waals surface area (Å²) in [6.45, 7) is 1.73. The van der Waals surface area contributed by atoms with E-state index in [1.54, 1.807) is 25.1 Å². The summed E-state index contributed by atoms with van der Waals surface area (Å²) in [6, 6.07) is 5.07. The SMILES string of the molecule is COc1ccc(CS(=O)(=O)C(C)CN)cc1OC. The van der Waals surface area contributed by atoms with Crippen LogP contribution in [0.2, 0.25) is 0 Å². The van der Waals surface area contributed by atoms with Gasteiger partial charge in [0.05, 0.1) is 25.2 Å². The minimum absolute atomic E-state index is 0.0499. The second kappa shape index (κ2) is 6.06. The second-order valence-corrected chi connectivity index (χ2v) is 6.46. The highest BCUT2D eigenvalue weighted by atomic mass is 32.2. The van der Waals surface area contributed by atoms with Crippen molar-refractivity contribution in [1.82, 2.24) is 0 Å². The second-order valence-electron chi connectivity index (χ2n) is 4.04. The summed E-state index contributed by atoms with van der Waals surface area (Å²) in [4.78, 5) is 0. The maximum atomic E-state index is 11.9. The first kappa shape index (κ1) is 14.8. The molecule has 0 heterocycles. The van der Waals surface area contributed by atoms with Crippen molar-refractivity contribution < 1.29 is 17.9 Å². The molecule has 1 rings (SSSR count). The first-order chi connectivity index (χ1) is 8.44. The van der Waals surface area contributed by atoms with E-state index < -0.39 is 15.1 Å². The highest BCUT2D eigenvalue weighted by Gasteiger charge is 2.20. The summed E-state index contributed by atoms with van der Waals surface area (Å²) in [7, 11) is -0.184. The van der Waals surface area contributed by atoms with Crippen LogP contribution in [0.4, 0.5) is 0 Å². The number of benzene rings is 1. The molecule has 0 fully saturated rings. The molecule has 0 bridgehead atoms. The Morgan fingerprint density at radius 3 is 2.33 bits per heavy atom. The topological polar surface area (TPSA) is 78.6 Å². The smallest absolute Gasteiger partial charge is 0.161 e. The zero-order valence-electron chi connectivity index (χ0n) is 10.8. The highest BCUT2D eigenvalue weighted by molar-refractivity contribution is 7.91. The lowest BCUT2D eigenvalue weighted by atomic mass is 10.2. The number of ether oxygens (including phenoxy) is 2. The highest BCUT2D eigenvalue weighted by Crippen LogP contribution is 2.28. The molecule has 0 saturated heterocycles. The van der Waals surface area contributed by atoms with Gasteiger partial charge in [-0.1, -0.05) is 6.07 Å². The largest absolute Gasteiger partial charge is 0.493 e. The van der Waals surface area contributed by atoms with Crippen molar-refractivity contribution in [3.05, 3.63) is 23.8 Å². The Bertz CT molecular complexity index is 499.